The molecule has 1 fully saturated rings. The molecule has 0 aliphatic heterocycles. The van der Waals surface area contributed by atoms with Gasteiger partial charge in [-0.05, 0) is 61.4 Å². The standard InChI is InChI=1S/C29H42FN3O2/c1-4-9-28(34)32(19-17-23(2)3)22-29(35)33(26-10-6-5-7-11-26)21-27-12-8-18-31(27)20-24-13-15-25(30)16-14-24/h8,12-16,18,23,26H,4-7,9-11,17,19-22H2,1-3H3. The molecule has 1 heterocycles. The predicted octanol–water partition coefficient (Wildman–Crippen LogP) is 6.01. The largest absolute Gasteiger partial charge is 0.345 e. The highest BCUT2D eigenvalue weighted by molar-refractivity contribution is 5.85. The van der Waals surface area contributed by atoms with Crippen LogP contribution in [0.2, 0.25) is 0 Å². The zero-order valence-electron chi connectivity index (χ0n) is 21.7. The van der Waals surface area contributed by atoms with E-state index in [4.69, 9.17) is 0 Å². The third-order valence-corrected chi connectivity index (χ3v) is 6.98. The van der Waals surface area contributed by atoms with Crippen molar-refractivity contribution in [3.63, 3.8) is 0 Å². The molecule has 0 saturated heterocycles. The smallest absolute Gasteiger partial charge is 0.242 e. The fraction of sp³-hybridized carbons (Fsp3) is 0.586. The summed E-state index contributed by atoms with van der Waals surface area (Å²) in [5, 5.41) is 0. The summed E-state index contributed by atoms with van der Waals surface area (Å²) in [6.07, 6.45) is 9.69. The van der Waals surface area contributed by atoms with Gasteiger partial charge in [-0.1, -0.05) is 52.2 Å². The molecule has 5 nitrogen and oxygen atoms in total. The van der Waals surface area contributed by atoms with E-state index >= 15 is 0 Å². The first-order valence-corrected chi connectivity index (χ1v) is 13.3. The normalized spacial score (nSPS) is 14.3. The van der Waals surface area contributed by atoms with Crippen molar-refractivity contribution in [1.29, 1.82) is 0 Å². The van der Waals surface area contributed by atoms with Gasteiger partial charge in [0.2, 0.25) is 11.8 Å². The summed E-state index contributed by atoms with van der Waals surface area (Å²) in [6.45, 7) is 8.23. The van der Waals surface area contributed by atoms with Gasteiger partial charge in [0.15, 0.2) is 0 Å². The Kier molecular flexibility index (Phi) is 10.4. The van der Waals surface area contributed by atoms with E-state index in [1.807, 2.05) is 24.1 Å². The number of carbonyl (C=O) groups is 2. The van der Waals surface area contributed by atoms with Crippen LogP contribution < -0.4 is 0 Å². The van der Waals surface area contributed by atoms with Crippen molar-refractivity contribution in [3.05, 3.63) is 59.7 Å². The van der Waals surface area contributed by atoms with E-state index in [0.29, 0.717) is 32.0 Å². The molecule has 1 aromatic heterocycles. The van der Waals surface area contributed by atoms with E-state index in [2.05, 4.69) is 24.5 Å². The molecule has 1 aromatic carbocycles. The first kappa shape index (κ1) is 27.0. The molecule has 1 saturated carbocycles. The molecule has 1 aliphatic rings. The fourth-order valence-corrected chi connectivity index (χ4v) is 4.85. The second-order valence-corrected chi connectivity index (χ2v) is 10.3. The number of amides is 2. The van der Waals surface area contributed by atoms with Gasteiger partial charge >= 0.3 is 0 Å². The van der Waals surface area contributed by atoms with Gasteiger partial charge in [0.05, 0.1) is 13.1 Å². The SMILES string of the molecule is CCCC(=O)N(CCC(C)C)CC(=O)N(Cc1cccn1Cc1ccc(F)cc1)C1CCCCC1. The highest BCUT2D eigenvalue weighted by Gasteiger charge is 2.28. The lowest BCUT2D eigenvalue weighted by atomic mass is 9.94. The van der Waals surface area contributed by atoms with Gasteiger partial charge < -0.3 is 14.4 Å². The second kappa shape index (κ2) is 13.5. The molecule has 0 radical (unpaired) electrons. The lowest BCUT2D eigenvalue weighted by Gasteiger charge is -2.36. The summed E-state index contributed by atoms with van der Waals surface area (Å²) in [4.78, 5) is 30.3. The average molecular weight is 484 g/mol. The number of carbonyl (C=O) groups excluding carboxylic acids is 2. The number of hydrogen-bond acceptors (Lipinski definition) is 2. The Labute approximate surface area is 210 Å². The number of halogens is 1. The zero-order valence-corrected chi connectivity index (χ0v) is 21.7. The Bertz CT molecular complexity index is 932. The Morgan fingerprint density at radius 1 is 1.06 bits per heavy atom. The molecule has 0 N–H and O–H groups in total. The van der Waals surface area contributed by atoms with Crippen molar-refractivity contribution in [2.45, 2.75) is 91.3 Å². The Hall–Kier alpha value is -2.63. The van der Waals surface area contributed by atoms with Crippen molar-refractivity contribution in [3.8, 4) is 0 Å². The molecule has 2 amide bonds. The number of benzene rings is 1. The third-order valence-electron chi connectivity index (χ3n) is 6.98. The average Bonchev–Trinajstić information content (AvgIpc) is 3.28. The van der Waals surface area contributed by atoms with Gasteiger partial charge in [0.25, 0.3) is 0 Å². The molecule has 3 rings (SSSR count). The van der Waals surface area contributed by atoms with Crippen molar-refractivity contribution in [2.75, 3.05) is 13.1 Å². The van der Waals surface area contributed by atoms with Gasteiger partial charge in [-0.25, -0.2) is 4.39 Å². The van der Waals surface area contributed by atoms with Crippen LogP contribution in [0.15, 0.2) is 42.6 Å². The first-order chi connectivity index (χ1) is 16.9. The van der Waals surface area contributed by atoms with Gasteiger partial charge in [-0.2, -0.15) is 0 Å². The Morgan fingerprint density at radius 2 is 1.77 bits per heavy atom. The van der Waals surface area contributed by atoms with Gasteiger partial charge in [0.1, 0.15) is 5.82 Å². The number of rotatable bonds is 12. The van der Waals surface area contributed by atoms with E-state index in [1.165, 1.54) is 18.6 Å². The summed E-state index contributed by atoms with van der Waals surface area (Å²) >= 11 is 0. The molecule has 0 bridgehead atoms. The molecule has 192 valence electrons. The molecule has 0 spiro atoms. The molecule has 35 heavy (non-hydrogen) atoms. The Balaban J connectivity index is 1.77. The molecule has 1 aliphatic carbocycles. The quantitative estimate of drug-likeness (QED) is 0.371. The minimum absolute atomic E-state index is 0.0413. The van der Waals surface area contributed by atoms with Crippen molar-refractivity contribution in [1.82, 2.24) is 14.4 Å². The maximum Gasteiger partial charge on any atom is 0.242 e. The maximum atomic E-state index is 13.7. The molecule has 6 heteroatoms. The second-order valence-electron chi connectivity index (χ2n) is 10.3. The van der Waals surface area contributed by atoms with E-state index < -0.39 is 0 Å². The van der Waals surface area contributed by atoms with Crippen LogP contribution in [0.4, 0.5) is 4.39 Å². The molecule has 0 atom stereocenters. The fourth-order valence-electron chi connectivity index (χ4n) is 4.85. The topological polar surface area (TPSA) is 45.6 Å². The van der Waals surface area contributed by atoms with Gasteiger partial charge in [-0.15, -0.1) is 0 Å². The highest BCUT2D eigenvalue weighted by Crippen LogP contribution is 2.25. The number of aromatic nitrogens is 1. The van der Waals surface area contributed by atoms with Crippen molar-refractivity contribution < 1.29 is 14.0 Å². The minimum atomic E-state index is -0.241. The molecular formula is C29H42FN3O2. The number of hydrogen-bond donors (Lipinski definition) is 0. The summed E-state index contributed by atoms with van der Waals surface area (Å²) in [5.74, 6) is 0.353. The van der Waals surface area contributed by atoms with Crippen LogP contribution in [0.3, 0.4) is 0 Å². The summed E-state index contributed by atoms with van der Waals surface area (Å²) in [6, 6.07) is 10.8. The lowest BCUT2D eigenvalue weighted by molar-refractivity contribution is -0.143. The van der Waals surface area contributed by atoms with Crippen LogP contribution in [0.5, 0.6) is 0 Å². The van der Waals surface area contributed by atoms with E-state index in [1.54, 1.807) is 17.0 Å². The van der Waals surface area contributed by atoms with Crippen molar-refractivity contribution in [2.24, 2.45) is 5.92 Å². The van der Waals surface area contributed by atoms with Crippen LogP contribution in [-0.2, 0) is 22.7 Å². The summed E-state index contributed by atoms with van der Waals surface area (Å²) in [7, 11) is 0. The van der Waals surface area contributed by atoms with E-state index in [-0.39, 0.29) is 30.2 Å². The monoisotopic (exact) mass is 483 g/mol. The van der Waals surface area contributed by atoms with Crippen molar-refractivity contribution >= 4 is 11.8 Å². The lowest BCUT2D eigenvalue weighted by Crippen LogP contribution is -2.47. The van der Waals surface area contributed by atoms with Crippen LogP contribution in [0.1, 0.15) is 83.4 Å². The highest BCUT2D eigenvalue weighted by atomic mass is 19.1. The molecular weight excluding hydrogens is 441 g/mol. The molecule has 0 unspecified atom stereocenters. The van der Waals surface area contributed by atoms with Gasteiger partial charge in [-0.3, -0.25) is 9.59 Å². The maximum absolute atomic E-state index is 13.7. The van der Waals surface area contributed by atoms with Crippen LogP contribution in [0.25, 0.3) is 0 Å². The Morgan fingerprint density at radius 3 is 2.43 bits per heavy atom. The summed E-state index contributed by atoms with van der Waals surface area (Å²) < 4.78 is 15.5. The van der Waals surface area contributed by atoms with Crippen LogP contribution in [0, 0.1) is 11.7 Å². The third kappa shape index (κ3) is 8.22. The minimum Gasteiger partial charge on any atom is -0.345 e. The molecule has 2 aromatic rings. The van der Waals surface area contributed by atoms with E-state index in [0.717, 1.165) is 49.8 Å². The first-order valence-electron chi connectivity index (χ1n) is 13.3. The van der Waals surface area contributed by atoms with Crippen LogP contribution >= 0.6 is 0 Å². The predicted molar refractivity (Wildman–Crippen MR) is 138 cm³/mol. The van der Waals surface area contributed by atoms with Crippen LogP contribution in [-0.4, -0.2) is 45.3 Å². The zero-order chi connectivity index (χ0) is 25.2. The number of nitrogens with zero attached hydrogens (tertiary/aromatic N) is 3. The van der Waals surface area contributed by atoms with Gasteiger partial charge in [0, 0.05) is 37.4 Å². The summed E-state index contributed by atoms with van der Waals surface area (Å²) in [5.41, 5.74) is 2.08. The van der Waals surface area contributed by atoms with E-state index in [9.17, 15) is 14.0 Å².